The van der Waals surface area contributed by atoms with Crippen LogP contribution in [0, 0.1) is 0 Å². The van der Waals surface area contributed by atoms with Crippen LogP contribution in [-0.4, -0.2) is 99.6 Å². The fourth-order valence-corrected chi connectivity index (χ4v) is 10.2. The first-order valence-corrected chi connectivity index (χ1v) is 33.1. The lowest BCUT2D eigenvalue weighted by Crippen LogP contribution is -2.61. The Labute approximate surface area is 484 Å². The van der Waals surface area contributed by atoms with E-state index in [9.17, 15) is 35.1 Å². The van der Waals surface area contributed by atoms with E-state index in [0.29, 0.717) is 19.3 Å². The maximum absolute atomic E-state index is 13.5. The molecular weight excluding hydrogens is 991 g/mol. The van der Waals surface area contributed by atoms with Gasteiger partial charge in [0.25, 0.3) is 0 Å². The summed E-state index contributed by atoms with van der Waals surface area (Å²) >= 11 is 0. The van der Waals surface area contributed by atoms with E-state index in [1.165, 1.54) is 173 Å². The number of hydrogen-bond acceptors (Lipinski definition) is 10. The normalized spacial score (nSPS) is 19.2. The smallest absolute Gasteiger partial charge is 0.306 e. The van der Waals surface area contributed by atoms with Crippen molar-refractivity contribution in [2.45, 2.75) is 346 Å². The summed E-state index contributed by atoms with van der Waals surface area (Å²) in [5.41, 5.74) is 0. The second kappa shape index (κ2) is 55.9. The number of nitrogens with one attached hydrogen (secondary N) is 1. The van der Waals surface area contributed by atoms with Crippen molar-refractivity contribution in [3.05, 3.63) is 60.8 Å². The molecule has 0 spiro atoms. The summed E-state index contributed by atoms with van der Waals surface area (Å²) in [6, 6.07) is -1.03. The number of rotatable bonds is 56. The topological polar surface area (TPSA) is 175 Å². The first-order valence-electron chi connectivity index (χ1n) is 33.1. The molecule has 1 heterocycles. The number of ether oxygens (including phenoxy) is 3. The first kappa shape index (κ1) is 74.4. The van der Waals surface area contributed by atoms with Crippen LogP contribution in [0.25, 0.3) is 0 Å². The van der Waals surface area contributed by atoms with Crippen LogP contribution < -0.4 is 5.32 Å². The van der Waals surface area contributed by atoms with Crippen LogP contribution in [0.15, 0.2) is 60.8 Å². The number of carbonyl (C=O) groups is 2. The highest BCUT2D eigenvalue weighted by molar-refractivity contribution is 5.80. The number of aliphatic hydroxyl groups excluding tert-OH is 5. The van der Waals surface area contributed by atoms with Gasteiger partial charge >= 0.3 is 5.97 Å². The SMILES string of the molecule is CCCCC/C=C\C/C=C\C/C=C\C/C=C\CCCCCC(=O)OC1C(OCC(NC(=O)C(O)CCCCCCCCCCCCCCCCCCCC)C(O)/C=C/CCCCCCCCCCCCC)OC(CO)C(O)C1O. The molecule has 0 aliphatic carbocycles. The largest absolute Gasteiger partial charge is 0.454 e. The number of unbranched alkanes of at least 4 members (excludes halogenated alkanes) is 34. The van der Waals surface area contributed by atoms with E-state index in [1.807, 2.05) is 6.08 Å². The van der Waals surface area contributed by atoms with Gasteiger partial charge in [0.15, 0.2) is 12.4 Å². The molecule has 0 aromatic rings. The molecule has 0 aromatic heterocycles. The van der Waals surface area contributed by atoms with Gasteiger partial charge < -0.3 is 45.1 Å². The molecule has 1 aliphatic rings. The quantitative estimate of drug-likeness (QED) is 0.0195. The number of aliphatic hydroxyl groups is 5. The average Bonchev–Trinajstić information content (AvgIpc) is 3.49. The fraction of sp³-hybridized carbons (Fsp3) is 0.824. The van der Waals surface area contributed by atoms with Crippen molar-refractivity contribution in [3.8, 4) is 0 Å². The fourth-order valence-electron chi connectivity index (χ4n) is 10.2. The summed E-state index contributed by atoms with van der Waals surface area (Å²) in [6.45, 7) is 5.77. The van der Waals surface area contributed by atoms with Crippen molar-refractivity contribution in [1.29, 1.82) is 0 Å². The molecule has 8 unspecified atom stereocenters. The van der Waals surface area contributed by atoms with E-state index < -0.39 is 67.4 Å². The van der Waals surface area contributed by atoms with E-state index in [0.717, 1.165) is 77.0 Å². The van der Waals surface area contributed by atoms with Gasteiger partial charge in [0.05, 0.1) is 25.4 Å². The van der Waals surface area contributed by atoms with Crippen LogP contribution in [0.4, 0.5) is 0 Å². The zero-order chi connectivity index (χ0) is 57.5. The molecule has 1 rings (SSSR count). The summed E-state index contributed by atoms with van der Waals surface area (Å²) in [6.07, 6.45) is 59.7. The zero-order valence-electron chi connectivity index (χ0n) is 51.0. The van der Waals surface area contributed by atoms with Crippen LogP contribution in [0.2, 0.25) is 0 Å². The van der Waals surface area contributed by atoms with Crippen molar-refractivity contribution in [1.82, 2.24) is 5.32 Å². The highest BCUT2D eigenvalue weighted by atomic mass is 16.7. The van der Waals surface area contributed by atoms with Crippen LogP contribution in [0.5, 0.6) is 0 Å². The van der Waals surface area contributed by atoms with Gasteiger partial charge in [0, 0.05) is 6.42 Å². The van der Waals surface area contributed by atoms with Gasteiger partial charge in [-0.3, -0.25) is 9.59 Å². The third-order valence-corrected chi connectivity index (χ3v) is 15.4. The molecule has 1 aliphatic heterocycles. The van der Waals surface area contributed by atoms with E-state index in [1.54, 1.807) is 6.08 Å². The van der Waals surface area contributed by atoms with Gasteiger partial charge in [-0.25, -0.2) is 0 Å². The summed E-state index contributed by atoms with van der Waals surface area (Å²) in [4.78, 5) is 26.6. The number of amides is 1. The number of carbonyl (C=O) groups excluding carboxylic acids is 2. The third kappa shape index (κ3) is 43.7. The molecule has 0 radical (unpaired) electrons. The van der Waals surface area contributed by atoms with E-state index in [2.05, 4.69) is 74.7 Å². The third-order valence-electron chi connectivity index (χ3n) is 15.4. The maximum atomic E-state index is 13.5. The molecule has 0 aromatic carbocycles. The Morgan fingerprint density at radius 2 is 0.873 bits per heavy atom. The molecule has 1 amide bonds. The van der Waals surface area contributed by atoms with Crippen molar-refractivity contribution in [2.24, 2.45) is 0 Å². The Morgan fingerprint density at radius 3 is 1.33 bits per heavy atom. The Balaban J connectivity index is 2.68. The van der Waals surface area contributed by atoms with Gasteiger partial charge in [0.2, 0.25) is 5.91 Å². The molecule has 0 bridgehead atoms. The second-order valence-corrected chi connectivity index (χ2v) is 22.9. The molecular formula is C68H123NO10. The van der Waals surface area contributed by atoms with E-state index in [4.69, 9.17) is 14.2 Å². The highest BCUT2D eigenvalue weighted by Crippen LogP contribution is 2.26. The molecule has 8 atom stereocenters. The predicted molar refractivity (Wildman–Crippen MR) is 329 cm³/mol. The number of allylic oxidation sites excluding steroid dienone is 9. The summed E-state index contributed by atoms with van der Waals surface area (Å²) in [7, 11) is 0. The minimum atomic E-state index is -1.63. The van der Waals surface area contributed by atoms with Gasteiger partial charge in [-0.1, -0.05) is 281 Å². The van der Waals surface area contributed by atoms with E-state index >= 15 is 0 Å². The molecule has 460 valence electrons. The van der Waals surface area contributed by atoms with Crippen molar-refractivity contribution < 1.29 is 49.3 Å². The molecule has 11 heteroatoms. The number of esters is 1. The standard InChI is InChI=1S/C68H123NO10/c1-4-7-10-13-16-19-22-25-27-29-31-33-35-38-41-44-47-50-53-56-63(73)79-66-65(75)64(74)62(57-70)78-68(66)77-58-59(60(71)54-51-48-45-42-39-36-24-21-18-15-12-9-6-3)69-67(76)61(72)55-52-49-46-43-40-37-34-32-30-28-26-23-20-17-14-11-8-5-2/h16,19,25,27,31,33,38,41,51,54,59-62,64-66,68,70-72,74-75H,4-15,17-18,20-24,26,28-30,32,34-37,39-40,42-50,52-53,55-58H2,1-3H3,(H,69,76)/b19-16-,27-25-,33-31-,41-38-,54-51+. The maximum Gasteiger partial charge on any atom is 0.306 e. The van der Waals surface area contributed by atoms with Crippen LogP contribution in [0.3, 0.4) is 0 Å². The minimum Gasteiger partial charge on any atom is -0.454 e. The summed E-state index contributed by atoms with van der Waals surface area (Å²) in [5, 5.41) is 57.1. The Kier molecular flexibility index (Phi) is 52.6. The van der Waals surface area contributed by atoms with Gasteiger partial charge in [0.1, 0.15) is 24.4 Å². The number of hydrogen-bond donors (Lipinski definition) is 6. The highest BCUT2D eigenvalue weighted by Gasteiger charge is 2.47. The average molecular weight is 1110 g/mol. The van der Waals surface area contributed by atoms with Crippen LogP contribution in [0.1, 0.15) is 297 Å². The first-order chi connectivity index (χ1) is 38.7. The van der Waals surface area contributed by atoms with E-state index in [-0.39, 0.29) is 13.0 Å². The summed E-state index contributed by atoms with van der Waals surface area (Å²) in [5.74, 6) is -1.22. The Morgan fingerprint density at radius 1 is 0.494 bits per heavy atom. The summed E-state index contributed by atoms with van der Waals surface area (Å²) < 4.78 is 17.6. The monoisotopic (exact) mass is 1110 g/mol. The zero-order valence-corrected chi connectivity index (χ0v) is 51.0. The molecule has 11 nitrogen and oxygen atoms in total. The lowest BCUT2D eigenvalue weighted by molar-refractivity contribution is -0.305. The molecule has 79 heavy (non-hydrogen) atoms. The van der Waals surface area contributed by atoms with Gasteiger partial charge in [-0.05, 0) is 70.6 Å². The van der Waals surface area contributed by atoms with Crippen molar-refractivity contribution >= 4 is 11.9 Å². The lowest BCUT2D eigenvalue weighted by atomic mass is 9.99. The molecule has 6 N–H and O–H groups in total. The Bertz CT molecular complexity index is 1510. The lowest BCUT2D eigenvalue weighted by Gasteiger charge is -2.41. The van der Waals surface area contributed by atoms with Crippen molar-refractivity contribution in [3.63, 3.8) is 0 Å². The van der Waals surface area contributed by atoms with Crippen LogP contribution in [-0.2, 0) is 23.8 Å². The van der Waals surface area contributed by atoms with Gasteiger partial charge in [-0.2, -0.15) is 0 Å². The Hall–Kier alpha value is -2.64. The molecule has 0 saturated carbocycles. The van der Waals surface area contributed by atoms with Gasteiger partial charge in [-0.15, -0.1) is 0 Å². The minimum absolute atomic E-state index is 0.0861. The van der Waals surface area contributed by atoms with Crippen molar-refractivity contribution in [2.75, 3.05) is 13.2 Å². The predicted octanol–water partition coefficient (Wildman–Crippen LogP) is 16.2. The molecule has 1 fully saturated rings. The van der Waals surface area contributed by atoms with Crippen LogP contribution >= 0.6 is 0 Å². The second-order valence-electron chi connectivity index (χ2n) is 22.9. The molecule has 1 saturated heterocycles.